The van der Waals surface area contributed by atoms with E-state index >= 15 is 0 Å². The number of anilines is 1. The van der Waals surface area contributed by atoms with Gasteiger partial charge in [0.05, 0.1) is 17.6 Å². The Morgan fingerprint density at radius 2 is 2.16 bits per heavy atom. The minimum absolute atomic E-state index is 0.0765. The third-order valence-electron chi connectivity index (χ3n) is 3.26. The van der Waals surface area contributed by atoms with Crippen LogP contribution in [0, 0.1) is 5.41 Å². The molecule has 1 saturated carbocycles. The van der Waals surface area contributed by atoms with Crippen molar-refractivity contribution in [2.24, 2.45) is 12.5 Å². The van der Waals surface area contributed by atoms with Gasteiger partial charge in [-0.05, 0) is 12.8 Å². The molecule has 1 aromatic heterocycles. The van der Waals surface area contributed by atoms with E-state index in [0.29, 0.717) is 12.2 Å². The molecule has 1 N–H and O–H groups in total. The Labute approximate surface area is 116 Å². The molecule has 0 radical (unpaired) electrons. The van der Waals surface area contributed by atoms with E-state index in [2.05, 4.69) is 10.4 Å². The van der Waals surface area contributed by atoms with E-state index in [4.69, 9.17) is 11.6 Å². The number of aromatic nitrogens is 2. The van der Waals surface area contributed by atoms with Crippen molar-refractivity contribution in [2.45, 2.75) is 12.8 Å². The Kier molecular flexibility index (Phi) is 3.61. The largest absolute Gasteiger partial charge is 0.382 e. The Balaban J connectivity index is 2.08. The molecule has 8 heteroatoms. The van der Waals surface area contributed by atoms with Crippen molar-refractivity contribution < 1.29 is 8.42 Å². The quantitative estimate of drug-likeness (QED) is 0.865. The molecule has 6 nitrogen and oxygen atoms in total. The summed E-state index contributed by atoms with van der Waals surface area (Å²) in [5.74, 6) is 0.156. The molecule has 2 rings (SSSR count). The zero-order valence-corrected chi connectivity index (χ0v) is 12.4. The molecule has 0 atom stereocenters. The molecule has 0 unspecified atom stereocenters. The van der Waals surface area contributed by atoms with Crippen LogP contribution < -0.4 is 10.9 Å². The van der Waals surface area contributed by atoms with Gasteiger partial charge in [-0.15, -0.1) is 0 Å². The molecule has 1 heterocycles. The van der Waals surface area contributed by atoms with Crippen LogP contribution >= 0.6 is 11.6 Å². The average molecular weight is 306 g/mol. The van der Waals surface area contributed by atoms with Gasteiger partial charge >= 0.3 is 0 Å². The van der Waals surface area contributed by atoms with Crippen LogP contribution in [0.5, 0.6) is 0 Å². The smallest absolute Gasteiger partial charge is 0.287 e. The third kappa shape index (κ3) is 3.48. The van der Waals surface area contributed by atoms with Gasteiger partial charge in [0.25, 0.3) is 5.56 Å². The van der Waals surface area contributed by atoms with Crippen molar-refractivity contribution >= 4 is 27.1 Å². The fraction of sp³-hybridized carbons (Fsp3) is 0.636. The minimum Gasteiger partial charge on any atom is -0.382 e. The monoisotopic (exact) mass is 305 g/mol. The van der Waals surface area contributed by atoms with Crippen LogP contribution in [0.3, 0.4) is 0 Å². The lowest BCUT2D eigenvalue weighted by atomic mass is 10.1. The van der Waals surface area contributed by atoms with Gasteiger partial charge in [-0.2, -0.15) is 5.10 Å². The van der Waals surface area contributed by atoms with E-state index in [0.717, 1.165) is 17.5 Å². The molecule has 1 aliphatic carbocycles. The molecule has 0 aliphatic heterocycles. The topological polar surface area (TPSA) is 81.1 Å². The first-order valence-electron chi connectivity index (χ1n) is 5.86. The van der Waals surface area contributed by atoms with Gasteiger partial charge in [0.2, 0.25) is 0 Å². The maximum Gasteiger partial charge on any atom is 0.287 e. The van der Waals surface area contributed by atoms with E-state index in [1.165, 1.54) is 19.5 Å². The summed E-state index contributed by atoms with van der Waals surface area (Å²) >= 11 is 5.93. The van der Waals surface area contributed by atoms with Gasteiger partial charge < -0.3 is 5.32 Å². The summed E-state index contributed by atoms with van der Waals surface area (Å²) in [6, 6.07) is 0. The third-order valence-corrected chi connectivity index (χ3v) is 4.76. The molecule has 1 fully saturated rings. The number of nitrogens with zero attached hydrogens (tertiary/aromatic N) is 2. The summed E-state index contributed by atoms with van der Waals surface area (Å²) in [5.41, 5.74) is -0.151. The van der Waals surface area contributed by atoms with E-state index in [-0.39, 0.29) is 21.7 Å². The lowest BCUT2D eigenvalue weighted by Crippen LogP contribution is -2.26. The molecule has 0 saturated heterocycles. The minimum atomic E-state index is -3.00. The number of hydrogen-bond acceptors (Lipinski definition) is 5. The zero-order valence-electron chi connectivity index (χ0n) is 10.8. The first kappa shape index (κ1) is 14.3. The van der Waals surface area contributed by atoms with Crippen LogP contribution in [-0.2, 0) is 16.9 Å². The standard InChI is InChI=1S/C11H16ClN3O3S/c1-15-10(16)9(12)8(5-14-15)13-6-11(3-4-11)7-19(2,17)18/h5,13H,3-4,6-7H2,1-2H3. The Bertz CT molecular complexity index is 650. The second-order valence-electron chi connectivity index (χ2n) is 5.22. The highest BCUT2D eigenvalue weighted by atomic mass is 35.5. The van der Waals surface area contributed by atoms with Crippen molar-refractivity contribution in [3.63, 3.8) is 0 Å². The van der Waals surface area contributed by atoms with Crippen LogP contribution in [0.1, 0.15) is 12.8 Å². The van der Waals surface area contributed by atoms with Crippen molar-refractivity contribution in [3.05, 3.63) is 21.6 Å². The normalized spacial score (nSPS) is 17.2. The summed E-state index contributed by atoms with van der Waals surface area (Å²) in [6.07, 6.45) is 4.44. The fourth-order valence-corrected chi connectivity index (χ4v) is 3.76. The van der Waals surface area contributed by atoms with Gasteiger partial charge in [-0.1, -0.05) is 11.6 Å². The van der Waals surface area contributed by atoms with E-state index in [1.807, 2.05) is 0 Å². The van der Waals surface area contributed by atoms with Gasteiger partial charge in [0, 0.05) is 25.3 Å². The van der Waals surface area contributed by atoms with Crippen LogP contribution in [-0.4, -0.2) is 36.8 Å². The predicted molar refractivity (Wildman–Crippen MR) is 74.4 cm³/mol. The number of nitrogens with one attached hydrogen (secondary N) is 1. The Morgan fingerprint density at radius 3 is 2.68 bits per heavy atom. The van der Waals surface area contributed by atoms with Crippen molar-refractivity contribution in [3.8, 4) is 0 Å². The second kappa shape index (κ2) is 4.79. The molecule has 106 valence electrons. The van der Waals surface area contributed by atoms with Crippen LogP contribution in [0.2, 0.25) is 5.02 Å². The molecule has 0 aromatic carbocycles. The lowest BCUT2D eigenvalue weighted by molar-refractivity contribution is 0.560. The number of halogens is 1. The Morgan fingerprint density at radius 1 is 1.53 bits per heavy atom. The molecule has 1 aliphatic rings. The van der Waals surface area contributed by atoms with Crippen LogP contribution in [0.25, 0.3) is 0 Å². The summed E-state index contributed by atoms with van der Waals surface area (Å²) < 4.78 is 23.8. The summed E-state index contributed by atoms with van der Waals surface area (Å²) in [7, 11) is -1.49. The van der Waals surface area contributed by atoms with Gasteiger partial charge in [0.1, 0.15) is 14.9 Å². The molecule has 0 bridgehead atoms. The summed E-state index contributed by atoms with van der Waals surface area (Å²) in [6.45, 7) is 0.481. The first-order chi connectivity index (χ1) is 8.72. The fourth-order valence-electron chi connectivity index (χ4n) is 2.02. The number of hydrogen-bond donors (Lipinski definition) is 1. The summed E-state index contributed by atoms with van der Waals surface area (Å²) in [5, 5.41) is 6.98. The average Bonchev–Trinajstić information content (AvgIpc) is 3.03. The van der Waals surface area contributed by atoms with E-state index < -0.39 is 9.84 Å². The first-order valence-corrected chi connectivity index (χ1v) is 8.30. The van der Waals surface area contributed by atoms with E-state index in [9.17, 15) is 13.2 Å². The van der Waals surface area contributed by atoms with Crippen molar-refractivity contribution in [1.82, 2.24) is 9.78 Å². The highest BCUT2D eigenvalue weighted by Crippen LogP contribution is 2.46. The number of rotatable bonds is 5. The summed E-state index contributed by atoms with van der Waals surface area (Å²) in [4.78, 5) is 11.6. The molecular weight excluding hydrogens is 290 g/mol. The lowest BCUT2D eigenvalue weighted by Gasteiger charge is -2.16. The van der Waals surface area contributed by atoms with Crippen LogP contribution in [0.15, 0.2) is 11.0 Å². The van der Waals surface area contributed by atoms with Crippen molar-refractivity contribution in [2.75, 3.05) is 23.9 Å². The second-order valence-corrected chi connectivity index (χ2v) is 7.74. The Hall–Kier alpha value is -1.08. The predicted octanol–water partition coefficient (Wildman–Crippen LogP) is 0.670. The van der Waals surface area contributed by atoms with Crippen LogP contribution in [0.4, 0.5) is 5.69 Å². The maximum absolute atomic E-state index is 11.6. The van der Waals surface area contributed by atoms with Gasteiger partial charge in [0.15, 0.2) is 0 Å². The molecule has 0 spiro atoms. The maximum atomic E-state index is 11.6. The molecule has 19 heavy (non-hydrogen) atoms. The zero-order chi connectivity index (χ0) is 14.3. The van der Waals surface area contributed by atoms with E-state index in [1.54, 1.807) is 0 Å². The SMILES string of the molecule is Cn1ncc(NCC2(CS(C)(=O)=O)CC2)c(Cl)c1=O. The highest BCUT2D eigenvalue weighted by molar-refractivity contribution is 7.90. The number of sulfone groups is 1. The molecule has 1 aromatic rings. The van der Waals surface area contributed by atoms with Gasteiger partial charge in [-0.25, -0.2) is 13.1 Å². The highest BCUT2D eigenvalue weighted by Gasteiger charge is 2.45. The van der Waals surface area contributed by atoms with Crippen molar-refractivity contribution in [1.29, 1.82) is 0 Å². The molecular formula is C11H16ClN3O3S. The molecule has 0 amide bonds. The van der Waals surface area contributed by atoms with Gasteiger partial charge in [-0.3, -0.25) is 4.79 Å². The number of aryl methyl sites for hydroxylation is 1.